The molecule has 0 aliphatic rings. The Kier molecular flexibility index (Phi) is 4.86. The van der Waals surface area contributed by atoms with Crippen LogP contribution in [0, 0.1) is 18.3 Å². The van der Waals surface area contributed by atoms with E-state index < -0.39 is 0 Å². The Hall–Kier alpha value is -3.72. The summed E-state index contributed by atoms with van der Waals surface area (Å²) in [7, 11) is 2.82. The monoisotopic (exact) mass is 362 g/mol. The summed E-state index contributed by atoms with van der Waals surface area (Å²) in [5, 5.41) is 20.3. The highest BCUT2D eigenvalue weighted by Gasteiger charge is 2.20. The molecule has 0 bridgehead atoms. The number of fused-ring (bicyclic) bond motifs is 1. The molecule has 0 aliphatic heterocycles. The van der Waals surface area contributed by atoms with Gasteiger partial charge in [-0.3, -0.25) is 4.79 Å². The molecule has 0 unspecified atom stereocenters. The van der Waals surface area contributed by atoms with Crippen LogP contribution in [0.5, 0.6) is 17.2 Å². The van der Waals surface area contributed by atoms with Gasteiger partial charge in [-0.05, 0) is 36.8 Å². The van der Waals surface area contributed by atoms with Gasteiger partial charge in [0.2, 0.25) is 11.5 Å². The predicted octanol–water partition coefficient (Wildman–Crippen LogP) is 3.99. The number of benzene rings is 2. The number of H-pyrrole nitrogens is 1. The van der Waals surface area contributed by atoms with Gasteiger partial charge in [0.15, 0.2) is 11.5 Å². The van der Waals surface area contributed by atoms with Crippen molar-refractivity contribution < 1.29 is 19.4 Å². The first-order chi connectivity index (χ1) is 13.0. The zero-order chi connectivity index (χ0) is 19.6. The normalized spacial score (nSPS) is 11.3. The Morgan fingerprint density at radius 3 is 2.41 bits per heavy atom. The van der Waals surface area contributed by atoms with E-state index in [1.807, 2.05) is 30.3 Å². The summed E-state index contributed by atoms with van der Waals surface area (Å²) in [4.78, 5) is 16.2. The number of nitriles is 1. The van der Waals surface area contributed by atoms with E-state index in [2.05, 4.69) is 4.98 Å². The van der Waals surface area contributed by atoms with Gasteiger partial charge in [0, 0.05) is 16.6 Å². The van der Waals surface area contributed by atoms with Gasteiger partial charge in [-0.15, -0.1) is 0 Å². The molecular formula is C21H18N2O4. The average Bonchev–Trinajstić information content (AvgIpc) is 3.02. The molecule has 1 aromatic heterocycles. The third-order valence-corrected chi connectivity index (χ3v) is 4.30. The molecule has 0 saturated carbocycles. The molecule has 0 fully saturated rings. The lowest BCUT2D eigenvalue weighted by molar-refractivity contribution is 0.104. The fourth-order valence-electron chi connectivity index (χ4n) is 3.02. The number of allylic oxidation sites excluding steroid dienone is 1. The van der Waals surface area contributed by atoms with Crippen molar-refractivity contribution in [3.05, 3.63) is 58.8 Å². The predicted molar refractivity (Wildman–Crippen MR) is 102 cm³/mol. The number of ketones is 1. The molecule has 1 heterocycles. The molecule has 2 aromatic carbocycles. The quantitative estimate of drug-likeness (QED) is 0.406. The zero-order valence-corrected chi connectivity index (χ0v) is 15.2. The first-order valence-electron chi connectivity index (χ1n) is 8.19. The maximum Gasteiger partial charge on any atom is 0.205 e. The highest BCUT2D eigenvalue weighted by molar-refractivity contribution is 6.20. The Balaban J connectivity index is 2.11. The second-order valence-electron chi connectivity index (χ2n) is 5.94. The van der Waals surface area contributed by atoms with Crippen LogP contribution in [0.2, 0.25) is 0 Å². The van der Waals surface area contributed by atoms with E-state index in [1.165, 1.54) is 32.4 Å². The molecule has 0 radical (unpaired) electrons. The van der Waals surface area contributed by atoms with Crippen LogP contribution in [0.1, 0.15) is 21.6 Å². The molecule has 0 aliphatic carbocycles. The van der Waals surface area contributed by atoms with Gasteiger partial charge in [0.05, 0.1) is 19.8 Å². The highest BCUT2D eigenvalue weighted by Crippen LogP contribution is 2.38. The topological polar surface area (TPSA) is 95.3 Å². The Labute approximate surface area is 156 Å². The Morgan fingerprint density at radius 2 is 1.81 bits per heavy atom. The molecular weight excluding hydrogens is 344 g/mol. The van der Waals surface area contributed by atoms with Gasteiger partial charge in [0.25, 0.3) is 0 Å². The number of Topliss-reactive ketones (excluding diaryl/α,β-unsaturated/α-hetero) is 1. The van der Waals surface area contributed by atoms with E-state index in [0.29, 0.717) is 16.8 Å². The largest absolute Gasteiger partial charge is 0.502 e. The van der Waals surface area contributed by atoms with E-state index in [0.717, 1.165) is 10.9 Å². The molecule has 0 spiro atoms. The minimum absolute atomic E-state index is 0.0300. The molecule has 0 saturated heterocycles. The number of nitrogens with zero attached hydrogens (tertiary/aromatic N) is 1. The van der Waals surface area contributed by atoms with Crippen LogP contribution in [0.25, 0.3) is 17.0 Å². The third kappa shape index (κ3) is 3.23. The number of aryl methyl sites for hydroxylation is 1. The number of nitrogens with one attached hydrogen (secondary N) is 1. The summed E-state index contributed by atoms with van der Waals surface area (Å²) < 4.78 is 10.2. The molecule has 6 nitrogen and oxygen atoms in total. The molecule has 136 valence electrons. The summed E-state index contributed by atoms with van der Waals surface area (Å²) in [5.74, 6) is -0.143. The first kappa shape index (κ1) is 18.1. The lowest BCUT2D eigenvalue weighted by atomic mass is 9.99. The molecule has 6 heteroatoms. The molecule has 3 aromatic rings. The average molecular weight is 362 g/mol. The van der Waals surface area contributed by atoms with E-state index in [4.69, 9.17) is 9.47 Å². The number of phenols is 1. The van der Waals surface area contributed by atoms with Crippen molar-refractivity contribution in [3.8, 4) is 23.3 Å². The number of phenolic OH excluding ortho intramolecular Hbond substituents is 1. The zero-order valence-electron chi connectivity index (χ0n) is 15.2. The van der Waals surface area contributed by atoms with Crippen LogP contribution >= 0.6 is 0 Å². The number of carbonyl (C=O) groups excluding carboxylic acids is 1. The second kappa shape index (κ2) is 7.26. The summed E-state index contributed by atoms with van der Waals surface area (Å²) in [6.45, 7) is 1.80. The molecule has 27 heavy (non-hydrogen) atoms. The number of aromatic hydroxyl groups is 1. The highest BCUT2D eigenvalue weighted by atomic mass is 16.5. The van der Waals surface area contributed by atoms with E-state index in [1.54, 1.807) is 6.92 Å². The summed E-state index contributed by atoms with van der Waals surface area (Å²) in [6, 6.07) is 12.5. The maximum atomic E-state index is 13.0. The van der Waals surface area contributed by atoms with Crippen molar-refractivity contribution in [1.29, 1.82) is 5.26 Å². The minimum atomic E-state index is -0.376. The van der Waals surface area contributed by atoms with Crippen LogP contribution in [-0.2, 0) is 0 Å². The van der Waals surface area contributed by atoms with Crippen molar-refractivity contribution in [2.45, 2.75) is 6.92 Å². The van der Waals surface area contributed by atoms with Gasteiger partial charge < -0.3 is 19.6 Å². The molecule has 0 atom stereocenters. The van der Waals surface area contributed by atoms with Gasteiger partial charge in [-0.1, -0.05) is 18.2 Å². The standard InChI is InChI=1S/C21H18N2O4/c1-12-19(15-6-4-5-7-16(15)23-12)20(24)14(11-22)8-13-9-17(26-2)21(25)18(10-13)27-3/h4-10,23,25H,1-3H3/b14-8+. The van der Waals surface area contributed by atoms with Gasteiger partial charge >= 0.3 is 0 Å². The van der Waals surface area contributed by atoms with Crippen LogP contribution in [-0.4, -0.2) is 30.1 Å². The lowest BCUT2D eigenvalue weighted by Crippen LogP contribution is -2.03. The molecule has 2 N–H and O–H groups in total. The number of carbonyl (C=O) groups is 1. The SMILES string of the molecule is COc1cc(/C=C(\C#N)C(=O)c2c(C)[nH]c3ccccc23)cc(OC)c1O. The van der Waals surface area contributed by atoms with Gasteiger partial charge in [0.1, 0.15) is 11.6 Å². The second-order valence-corrected chi connectivity index (χ2v) is 5.94. The van der Waals surface area contributed by atoms with Gasteiger partial charge in [-0.25, -0.2) is 0 Å². The Bertz CT molecular complexity index is 1080. The fourth-order valence-corrected chi connectivity index (χ4v) is 3.02. The minimum Gasteiger partial charge on any atom is -0.502 e. The molecule has 3 rings (SSSR count). The van der Waals surface area contributed by atoms with Crippen LogP contribution in [0.15, 0.2) is 42.0 Å². The number of rotatable bonds is 5. The third-order valence-electron chi connectivity index (χ3n) is 4.30. The van der Waals surface area contributed by atoms with Crippen LogP contribution in [0.4, 0.5) is 0 Å². The molecule has 0 amide bonds. The van der Waals surface area contributed by atoms with Crippen molar-refractivity contribution in [2.24, 2.45) is 0 Å². The van der Waals surface area contributed by atoms with Crippen LogP contribution in [0.3, 0.4) is 0 Å². The smallest absolute Gasteiger partial charge is 0.205 e. The number of hydrogen-bond donors (Lipinski definition) is 2. The number of aromatic nitrogens is 1. The number of para-hydroxylation sites is 1. The van der Waals surface area contributed by atoms with Gasteiger partial charge in [-0.2, -0.15) is 5.26 Å². The lowest BCUT2D eigenvalue weighted by Gasteiger charge is -2.09. The number of methoxy groups -OCH3 is 2. The fraction of sp³-hybridized carbons (Fsp3) is 0.143. The van der Waals surface area contributed by atoms with Crippen molar-refractivity contribution >= 4 is 22.8 Å². The van der Waals surface area contributed by atoms with Crippen LogP contribution < -0.4 is 9.47 Å². The van der Waals surface area contributed by atoms with E-state index in [9.17, 15) is 15.2 Å². The summed E-state index contributed by atoms with van der Waals surface area (Å²) in [6.07, 6.45) is 1.45. The number of ether oxygens (including phenoxy) is 2. The maximum absolute atomic E-state index is 13.0. The van der Waals surface area contributed by atoms with Crippen molar-refractivity contribution in [3.63, 3.8) is 0 Å². The van der Waals surface area contributed by atoms with E-state index in [-0.39, 0.29) is 28.6 Å². The van der Waals surface area contributed by atoms with Crippen molar-refractivity contribution in [2.75, 3.05) is 14.2 Å². The first-order valence-corrected chi connectivity index (χ1v) is 8.19. The van der Waals surface area contributed by atoms with E-state index >= 15 is 0 Å². The number of aromatic amines is 1. The summed E-state index contributed by atoms with van der Waals surface area (Å²) >= 11 is 0. The van der Waals surface area contributed by atoms with Crippen molar-refractivity contribution in [1.82, 2.24) is 4.98 Å². The number of hydrogen-bond acceptors (Lipinski definition) is 5. The summed E-state index contributed by atoms with van der Waals surface area (Å²) in [5.41, 5.74) is 2.48. The Morgan fingerprint density at radius 1 is 1.19 bits per heavy atom.